The zero-order valence-corrected chi connectivity index (χ0v) is 7.85. The summed E-state index contributed by atoms with van der Waals surface area (Å²) in [5.41, 5.74) is 0. The molecule has 11 heavy (non-hydrogen) atoms. The summed E-state index contributed by atoms with van der Waals surface area (Å²) in [4.78, 5) is 13.0. The number of hydrogen-bond acceptors (Lipinski definition) is 2. The second-order valence-electron chi connectivity index (χ2n) is 3.25. The zero-order valence-electron chi connectivity index (χ0n) is 7.85. The highest BCUT2D eigenvalue weighted by Gasteiger charge is 2.04. The van der Waals surface area contributed by atoms with Crippen molar-refractivity contribution in [2.45, 2.75) is 13.8 Å². The van der Waals surface area contributed by atoms with Crippen LogP contribution in [0.3, 0.4) is 0 Å². The fraction of sp³-hybridized carbons (Fsp3) is 0.875. The number of nitrogens with zero attached hydrogens (tertiary/aromatic N) is 1. The highest BCUT2D eigenvalue weighted by Crippen LogP contribution is 1.89. The van der Waals surface area contributed by atoms with Gasteiger partial charge in [0, 0.05) is 19.0 Å². The summed E-state index contributed by atoms with van der Waals surface area (Å²) >= 11 is 0. The average Bonchev–Trinajstić information content (AvgIpc) is 1.86. The number of carbonyl (C=O) groups is 1. The van der Waals surface area contributed by atoms with Gasteiger partial charge in [0.15, 0.2) is 0 Å². The minimum absolute atomic E-state index is 0.0946. The standard InChI is InChI=1S/C8H18N2O/c1-7(2)8(11)9-5-6-10(3)4/h7H,5-6H2,1-4H3,(H,9,11). The quantitative estimate of drug-likeness (QED) is 0.639. The molecule has 0 aliphatic carbocycles. The molecule has 3 heteroatoms. The minimum atomic E-state index is 0.0946. The van der Waals surface area contributed by atoms with Crippen LogP contribution in [0.4, 0.5) is 0 Å². The first-order valence-electron chi connectivity index (χ1n) is 3.96. The molecule has 1 N–H and O–H groups in total. The Balaban J connectivity index is 3.32. The lowest BCUT2D eigenvalue weighted by Crippen LogP contribution is -2.33. The number of carbonyl (C=O) groups excluding carboxylic acids is 1. The van der Waals surface area contributed by atoms with Crippen LogP contribution in [0.5, 0.6) is 0 Å². The minimum Gasteiger partial charge on any atom is -0.355 e. The van der Waals surface area contributed by atoms with E-state index >= 15 is 0 Å². The van der Waals surface area contributed by atoms with Gasteiger partial charge < -0.3 is 10.2 Å². The van der Waals surface area contributed by atoms with E-state index in [1.165, 1.54) is 0 Å². The van der Waals surface area contributed by atoms with Crippen LogP contribution in [0, 0.1) is 5.92 Å². The summed E-state index contributed by atoms with van der Waals surface area (Å²) in [5, 5.41) is 2.83. The van der Waals surface area contributed by atoms with E-state index in [1.54, 1.807) is 0 Å². The van der Waals surface area contributed by atoms with Crippen molar-refractivity contribution in [2.75, 3.05) is 27.2 Å². The maximum absolute atomic E-state index is 11.0. The third kappa shape index (κ3) is 5.85. The van der Waals surface area contributed by atoms with Crippen LogP contribution in [0.25, 0.3) is 0 Å². The molecule has 66 valence electrons. The lowest BCUT2D eigenvalue weighted by Gasteiger charge is -2.11. The van der Waals surface area contributed by atoms with Crippen molar-refractivity contribution in [3.63, 3.8) is 0 Å². The van der Waals surface area contributed by atoms with Crippen LogP contribution in [-0.4, -0.2) is 38.0 Å². The Labute approximate surface area is 68.8 Å². The molecule has 0 unspecified atom stereocenters. The van der Waals surface area contributed by atoms with Crippen molar-refractivity contribution in [1.82, 2.24) is 10.2 Å². The Morgan fingerprint density at radius 2 is 2.00 bits per heavy atom. The van der Waals surface area contributed by atoms with Gasteiger partial charge in [0.1, 0.15) is 0 Å². The second-order valence-corrected chi connectivity index (χ2v) is 3.25. The van der Waals surface area contributed by atoms with Gasteiger partial charge in [0.25, 0.3) is 0 Å². The predicted molar refractivity (Wildman–Crippen MR) is 46.4 cm³/mol. The molecule has 0 heterocycles. The Morgan fingerprint density at radius 3 is 2.36 bits per heavy atom. The van der Waals surface area contributed by atoms with E-state index in [-0.39, 0.29) is 11.8 Å². The van der Waals surface area contributed by atoms with Gasteiger partial charge in [-0.05, 0) is 14.1 Å². The summed E-state index contributed by atoms with van der Waals surface area (Å²) < 4.78 is 0. The van der Waals surface area contributed by atoms with Crippen molar-refractivity contribution >= 4 is 5.91 Å². The summed E-state index contributed by atoms with van der Waals surface area (Å²) in [6, 6.07) is 0. The zero-order chi connectivity index (χ0) is 8.85. The van der Waals surface area contributed by atoms with Crippen molar-refractivity contribution in [2.24, 2.45) is 5.92 Å². The third-order valence-electron chi connectivity index (χ3n) is 1.38. The molecule has 0 rings (SSSR count). The van der Waals surface area contributed by atoms with E-state index in [1.807, 2.05) is 32.8 Å². The molecule has 1 amide bonds. The number of hydrogen-bond donors (Lipinski definition) is 1. The SMILES string of the molecule is CC(C)C(=O)NCCN(C)C. The average molecular weight is 158 g/mol. The fourth-order valence-electron chi connectivity index (χ4n) is 0.607. The lowest BCUT2D eigenvalue weighted by atomic mass is 10.2. The van der Waals surface area contributed by atoms with Crippen LogP contribution in [-0.2, 0) is 4.79 Å². The molecule has 0 atom stereocenters. The van der Waals surface area contributed by atoms with Crippen LogP contribution >= 0.6 is 0 Å². The molecule has 3 nitrogen and oxygen atoms in total. The number of amides is 1. The molecular formula is C8H18N2O. The van der Waals surface area contributed by atoms with E-state index in [4.69, 9.17) is 0 Å². The van der Waals surface area contributed by atoms with Crippen LogP contribution in [0.15, 0.2) is 0 Å². The van der Waals surface area contributed by atoms with Gasteiger partial charge in [-0.2, -0.15) is 0 Å². The van der Waals surface area contributed by atoms with Gasteiger partial charge in [0.2, 0.25) is 5.91 Å². The molecule has 0 aliphatic rings. The first-order valence-corrected chi connectivity index (χ1v) is 3.96. The summed E-state index contributed by atoms with van der Waals surface area (Å²) in [7, 11) is 3.98. The van der Waals surface area contributed by atoms with Gasteiger partial charge in [-0.1, -0.05) is 13.8 Å². The van der Waals surface area contributed by atoms with Crippen LogP contribution in [0.1, 0.15) is 13.8 Å². The van der Waals surface area contributed by atoms with Crippen molar-refractivity contribution in [3.05, 3.63) is 0 Å². The number of rotatable bonds is 4. The monoisotopic (exact) mass is 158 g/mol. The van der Waals surface area contributed by atoms with Gasteiger partial charge in [-0.25, -0.2) is 0 Å². The van der Waals surface area contributed by atoms with E-state index in [2.05, 4.69) is 5.32 Å². The predicted octanol–water partition coefficient (Wildman–Crippen LogP) is 0.320. The maximum atomic E-state index is 11.0. The Bertz CT molecular complexity index is 121. The molecule has 0 aliphatic heterocycles. The molecule has 0 radical (unpaired) electrons. The Morgan fingerprint density at radius 1 is 1.45 bits per heavy atom. The first kappa shape index (κ1) is 10.4. The van der Waals surface area contributed by atoms with Gasteiger partial charge in [-0.3, -0.25) is 4.79 Å². The van der Waals surface area contributed by atoms with E-state index in [9.17, 15) is 4.79 Å². The maximum Gasteiger partial charge on any atom is 0.222 e. The van der Waals surface area contributed by atoms with Crippen molar-refractivity contribution in [1.29, 1.82) is 0 Å². The van der Waals surface area contributed by atoms with Crippen molar-refractivity contribution in [3.8, 4) is 0 Å². The summed E-state index contributed by atoms with van der Waals surface area (Å²) in [5.74, 6) is 0.226. The molecule has 0 aromatic heterocycles. The van der Waals surface area contributed by atoms with Gasteiger partial charge >= 0.3 is 0 Å². The van der Waals surface area contributed by atoms with E-state index < -0.39 is 0 Å². The smallest absolute Gasteiger partial charge is 0.222 e. The fourth-order valence-corrected chi connectivity index (χ4v) is 0.607. The molecular weight excluding hydrogens is 140 g/mol. The van der Waals surface area contributed by atoms with Gasteiger partial charge in [0.05, 0.1) is 0 Å². The third-order valence-corrected chi connectivity index (χ3v) is 1.38. The van der Waals surface area contributed by atoms with E-state index in [0.717, 1.165) is 13.1 Å². The van der Waals surface area contributed by atoms with Crippen LogP contribution < -0.4 is 5.32 Å². The molecule has 0 bridgehead atoms. The van der Waals surface area contributed by atoms with E-state index in [0.29, 0.717) is 0 Å². The highest BCUT2D eigenvalue weighted by atomic mass is 16.1. The number of likely N-dealkylation sites (N-methyl/N-ethyl adjacent to an activating group) is 1. The normalized spacial score (nSPS) is 10.7. The largest absolute Gasteiger partial charge is 0.355 e. The summed E-state index contributed by atoms with van der Waals surface area (Å²) in [6.07, 6.45) is 0. The lowest BCUT2D eigenvalue weighted by molar-refractivity contribution is -0.123. The van der Waals surface area contributed by atoms with Crippen LogP contribution in [0.2, 0.25) is 0 Å². The Kier molecular flexibility index (Phi) is 4.86. The highest BCUT2D eigenvalue weighted by molar-refractivity contribution is 5.77. The Hall–Kier alpha value is -0.570. The second kappa shape index (κ2) is 5.13. The molecule has 0 aromatic carbocycles. The molecule has 0 saturated heterocycles. The summed E-state index contributed by atoms with van der Waals surface area (Å²) in [6.45, 7) is 5.43. The van der Waals surface area contributed by atoms with Gasteiger partial charge in [-0.15, -0.1) is 0 Å². The molecule has 0 aromatic rings. The molecule has 0 saturated carbocycles. The number of nitrogens with one attached hydrogen (secondary N) is 1. The van der Waals surface area contributed by atoms with Crippen molar-refractivity contribution < 1.29 is 4.79 Å². The topological polar surface area (TPSA) is 32.3 Å². The first-order chi connectivity index (χ1) is 5.04. The molecule has 0 fully saturated rings. The molecule has 0 spiro atoms.